The lowest BCUT2D eigenvalue weighted by Gasteiger charge is -2.25. The van der Waals surface area contributed by atoms with Crippen LogP contribution in [-0.2, 0) is 4.79 Å². The predicted octanol–water partition coefficient (Wildman–Crippen LogP) is 3.69. The summed E-state index contributed by atoms with van der Waals surface area (Å²) in [6.45, 7) is -0.549. The van der Waals surface area contributed by atoms with Crippen molar-refractivity contribution in [1.82, 2.24) is 0 Å². The highest BCUT2D eigenvalue weighted by Crippen LogP contribution is 2.33. The number of fused-ring (bicyclic) bond motifs is 1. The van der Waals surface area contributed by atoms with E-state index in [1.54, 1.807) is 40.1 Å². The molecule has 2 aromatic rings. The standard InChI is InChI=1S/C19H18F2N2O3/c1-13(24)22-10-5-11-23(17-9-3-2-8-16(17)22)18(25)14-6-4-7-15(12-14)26-19(20)21/h2-4,6-9,12,19H,5,10-11H2,1H3. The Hall–Kier alpha value is -2.96. The van der Waals surface area contributed by atoms with Crippen LogP contribution in [0.3, 0.4) is 0 Å². The van der Waals surface area contributed by atoms with Crippen molar-refractivity contribution < 1.29 is 23.1 Å². The summed E-state index contributed by atoms with van der Waals surface area (Å²) in [5.74, 6) is -0.499. The number of carbonyl (C=O) groups excluding carboxylic acids is 2. The number of rotatable bonds is 3. The first-order chi connectivity index (χ1) is 12.5. The van der Waals surface area contributed by atoms with Crippen LogP contribution in [0.4, 0.5) is 20.2 Å². The Bertz CT molecular complexity index is 826. The maximum absolute atomic E-state index is 13.0. The topological polar surface area (TPSA) is 49.9 Å². The van der Waals surface area contributed by atoms with Gasteiger partial charge in [0.2, 0.25) is 5.91 Å². The number of hydrogen-bond acceptors (Lipinski definition) is 3. The highest BCUT2D eigenvalue weighted by Gasteiger charge is 2.27. The number of halogens is 2. The molecule has 0 saturated carbocycles. The van der Waals surface area contributed by atoms with Crippen molar-refractivity contribution in [2.45, 2.75) is 20.0 Å². The molecule has 0 radical (unpaired) electrons. The molecule has 7 heteroatoms. The van der Waals surface area contributed by atoms with Crippen molar-refractivity contribution in [2.24, 2.45) is 0 Å². The number of ether oxygens (including phenoxy) is 1. The van der Waals surface area contributed by atoms with Gasteiger partial charge in [-0.2, -0.15) is 8.78 Å². The molecular formula is C19H18F2N2O3. The van der Waals surface area contributed by atoms with Crippen LogP contribution in [0.25, 0.3) is 0 Å². The normalized spacial score (nSPS) is 14.0. The molecule has 2 aromatic carbocycles. The molecule has 0 spiro atoms. The fraction of sp³-hybridized carbons (Fsp3) is 0.263. The van der Waals surface area contributed by atoms with Crippen LogP contribution in [0.15, 0.2) is 48.5 Å². The largest absolute Gasteiger partial charge is 0.435 e. The van der Waals surface area contributed by atoms with E-state index in [4.69, 9.17) is 0 Å². The molecule has 5 nitrogen and oxygen atoms in total. The van der Waals surface area contributed by atoms with E-state index in [1.165, 1.54) is 25.1 Å². The van der Waals surface area contributed by atoms with Crippen LogP contribution >= 0.6 is 0 Å². The monoisotopic (exact) mass is 360 g/mol. The first kappa shape index (κ1) is 17.8. The Morgan fingerprint density at radius 1 is 1.00 bits per heavy atom. The van der Waals surface area contributed by atoms with Gasteiger partial charge < -0.3 is 14.5 Å². The van der Waals surface area contributed by atoms with Crippen molar-refractivity contribution >= 4 is 23.2 Å². The lowest BCUT2D eigenvalue weighted by Crippen LogP contribution is -2.31. The molecule has 0 aromatic heterocycles. The first-order valence-electron chi connectivity index (χ1n) is 8.21. The van der Waals surface area contributed by atoms with Crippen molar-refractivity contribution in [3.05, 3.63) is 54.1 Å². The minimum Gasteiger partial charge on any atom is -0.435 e. The van der Waals surface area contributed by atoms with Gasteiger partial charge in [-0.3, -0.25) is 9.59 Å². The van der Waals surface area contributed by atoms with E-state index in [0.717, 1.165) is 0 Å². The van der Waals surface area contributed by atoms with E-state index in [1.807, 2.05) is 0 Å². The quantitative estimate of drug-likeness (QED) is 0.839. The summed E-state index contributed by atoms with van der Waals surface area (Å²) >= 11 is 0. The SMILES string of the molecule is CC(=O)N1CCCN(C(=O)c2cccc(OC(F)F)c2)c2ccccc21. The summed E-state index contributed by atoms with van der Waals surface area (Å²) < 4.78 is 29.2. The minimum absolute atomic E-state index is 0.0701. The molecule has 1 aliphatic heterocycles. The van der Waals surface area contributed by atoms with Gasteiger partial charge in [0.05, 0.1) is 11.4 Å². The second-order valence-corrected chi connectivity index (χ2v) is 5.88. The fourth-order valence-corrected chi connectivity index (χ4v) is 3.05. The van der Waals surface area contributed by atoms with E-state index in [-0.39, 0.29) is 23.1 Å². The molecule has 0 aliphatic carbocycles. The third-order valence-electron chi connectivity index (χ3n) is 4.16. The Labute approximate surface area is 149 Å². The van der Waals surface area contributed by atoms with Crippen LogP contribution in [0.2, 0.25) is 0 Å². The van der Waals surface area contributed by atoms with Crippen LogP contribution in [0.1, 0.15) is 23.7 Å². The summed E-state index contributed by atoms with van der Waals surface area (Å²) in [6.07, 6.45) is 0.604. The van der Waals surface area contributed by atoms with Gasteiger partial charge in [0.15, 0.2) is 0 Å². The summed E-state index contributed by atoms with van der Waals surface area (Å²) in [4.78, 5) is 28.2. The maximum atomic E-state index is 13.0. The molecule has 0 N–H and O–H groups in total. The zero-order chi connectivity index (χ0) is 18.7. The molecule has 3 rings (SSSR count). The Kier molecular flexibility index (Phi) is 5.16. The summed E-state index contributed by atoms with van der Waals surface area (Å²) in [7, 11) is 0. The van der Waals surface area contributed by atoms with E-state index in [0.29, 0.717) is 30.9 Å². The molecule has 2 amide bonds. The Balaban J connectivity index is 1.96. The van der Waals surface area contributed by atoms with E-state index in [2.05, 4.69) is 4.74 Å². The lowest BCUT2D eigenvalue weighted by molar-refractivity contribution is -0.116. The van der Waals surface area contributed by atoms with Crippen molar-refractivity contribution in [1.29, 1.82) is 0 Å². The van der Waals surface area contributed by atoms with Crippen LogP contribution in [0, 0.1) is 0 Å². The number of alkyl halides is 2. The zero-order valence-electron chi connectivity index (χ0n) is 14.2. The van der Waals surface area contributed by atoms with Gasteiger partial charge in [-0.05, 0) is 36.8 Å². The Morgan fingerprint density at radius 3 is 2.31 bits per heavy atom. The van der Waals surface area contributed by atoms with Crippen LogP contribution in [0.5, 0.6) is 5.75 Å². The van der Waals surface area contributed by atoms with E-state index < -0.39 is 6.61 Å². The molecule has 0 atom stereocenters. The fourth-order valence-electron chi connectivity index (χ4n) is 3.05. The average Bonchev–Trinajstić information content (AvgIpc) is 2.80. The molecule has 0 saturated heterocycles. The molecule has 1 heterocycles. The van der Waals surface area contributed by atoms with Crippen LogP contribution < -0.4 is 14.5 Å². The molecule has 0 fully saturated rings. The third-order valence-corrected chi connectivity index (χ3v) is 4.16. The first-order valence-corrected chi connectivity index (χ1v) is 8.21. The number of nitrogens with zero attached hydrogens (tertiary/aromatic N) is 2. The summed E-state index contributed by atoms with van der Waals surface area (Å²) in [5, 5.41) is 0. The molecular weight excluding hydrogens is 342 g/mol. The maximum Gasteiger partial charge on any atom is 0.387 e. The number of hydrogen-bond donors (Lipinski definition) is 0. The molecule has 0 unspecified atom stereocenters. The van der Waals surface area contributed by atoms with Gasteiger partial charge in [0.1, 0.15) is 5.75 Å². The zero-order valence-corrected chi connectivity index (χ0v) is 14.2. The van der Waals surface area contributed by atoms with E-state index >= 15 is 0 Å². The molecule has 26 heavy (non-hydrogen) atoms. The van der Waals surface area contributed by atoms with Crippen molar-refractivity contribution in [3.8, 4) is 5.75 Å². The highest BCUT2D eigenvalue weighted by atomic mass is 19.3. The second kappa shape index (κ2) is 7.51. The molecule has 0 bridgehead atoms. The molecule has 136 valence electrons. The Morgan fingerprint density at radius 2 is 1.65 bits per heavy atom. The average molecular weight is 360 g/mol. The number of amides is 2. The van der Waals surface area contributed by atoms with Gasteiger partial charge in [0, 0.05) is 25.6 Å². The smallest absolute Gasteiger partial charge is 0.387 e. The van der Waals surface area contributed by atoms with Gasteiger partial charge in [-0.1, -0.05) is 18.2 Å². The van der Waals surface area contributed by atoms with Crippen molar-refractivity contribution in [3.63, 3.8) is 0 Å². The second-order valence-electron chi connectivity index (χ2n) is 5.88. The van der Waals surface area contributed by atoms with E-state index in [9.17, 15) is 18.4 Å². The number of carbonyl (C=O) groups is 2. The number of anilines is 2. The highest BCUT2D eigenvalue weighted by molar-refractivity contribution is 6.09. The lowest BCUT2D eigenvalue weighted by atomic mass is 10.1. The van der Waals surface area contributed by atoms with Gasteiger partial charge in [-0.15, -0.1) is 0 Å². The van der Waals surface area contributed by atoms with Gasteiger partial charge in [0.25, 0.3) is 5.91 Å². The third kappa shape index (κ3) is 3.66. The summed E-state index contributed by atoms with van der Waals surface area (Å²) in [5.41, 5.74) is 1.52. The predicted molar refractivity (Wildman–Crippen MR) is 93.8 cm³/mol. The van der Waals surface area contributed by atoms with Crippen LogP contribution in [-0.4, -0.2) is 31.5 Å². The van der Waals surface area contributed by atoms with Gasteiger partial charge >= 0.3 is 6.61 Å². The number of para-hydroxylation sites is 2. The number of benzene rings is 2. The molecule has 1 aliphatic rings. The minimum atomic E-state index is -2.96. The van der Waals surface area contributed by atoms with Crippen molar-refractivity contribution in [2.75, 3.05) is 22.9 Å². The summed E-state index contributed by atoms with van der Waals surface area (Å²) in [6, 6.07) is 12.9. The van der Waals surface area contributed by atoms with Gasteiger partial charge in [-0.25, -0.2) is 0 Å².